The van der Waals surface area contributed by atoms with Gasteiger partial charge in [0, 0.05) is 13.6 Å². The second kappa shape index (κ2) is 10.5. The number of amides is 3. The molecule has 0 unspecified atom stereocenters. The maximum Gasteiger partial charge on any atom is 0.295 e. The standard InChI is InChI=1S/C19H25N5O4S/c1-4-20-15(25)10-21-16(26)11-29-12-17(27)22-18-13(2)23(3)24(19(18)28)14-8-6-5-7-9-14/h5-9H,4,10-12H2,1-3H3,(H,20,25)(H,21,26)(H,22,27). The van der Waals surface area contributed by atoms with Crippen molar-refractivity contribution in [3.05, 3.63) is 46.4 Å². The zero-order valence-corrected chi connectivity index (χ0v) is 17.5. The van der Waals surface area contributed by atoms with E-state index in [1.165, 1.54) is 4.68 Å². The molecule has 9 nitrogen and oxygen atoms in total. The summed E-state index contributed by atoms with van der Waals surface area (Å²) in [4.78, 5) is 48.0. The van der Waals surface area contributed by atoms with Crippen LogP contribution in [0.3, 0.4) is 0 Å². The van der Waals surface area contributed by atoms with E-state index in [9.17, 15) is 19.2 Å². The fraction of sp³-hybridized carbons (Fsp3) is 0.368. The summed E-state index contributed by atoms with van der Waals surface area (Å²) in [5.41, 5.74) is 1.20. The Kier molecular flexibility index (Phi) is 8.08. The van der Waals surface area contributed by atoms with Crippen LogP contribution in [0.15, 0.2) is 35.1 Å². The van der Waals surface area contributed by atoms with E-state index in [1.54, 1.807) is 25.6 Å². The number of nitrogens with one attached hydrogen (secondary N) is 3. The number of aromatic nitrogens is 2. The van der Waals surface area contributed by atoms with Crippen molar-refractivity contribution in [2.24, 2.45) is 7.05 Å². The average molecular weight is 420 g/mol. The molecule has 29 heavy (non-hydrogen) atoms. The van der Waals surface area contributed by atoms with Gasteiger partial charge in [-0.3, -0.25) is 23.9 Å². The molecule has 1 aromatic heterocycles. The molecule has 3 amide bonds. The summed E-state index contributed by atoms with van der Waals surface area (Å²) in [7, 11) is 1.74. The first-order valence-electron chi connectivity index (χ1n) is 9.10. The van der Waals surface area contributed by atoms with E-state index in [4.69, 9.17) is 0 Å². The number of para-hydroxylation sites is 1. The lowest BCUT2D eigenvalue weighted by Gasteiger charge is -2.07. The molecule has 0 fully saturated rings. The zero-order chi connectivity index (χ0) is 21.4. The number of anilines is 1. The molecule has 156 valence electrons. The first-order valence-corrected chi connectivity index (χ1v) is 10.3. The Morgan fingerprint density at radius 2 is 1.66 bits per heavy atom. The third kappa shape index (κ3) is 5.98. The van der Waals surface area contributed by atoms with Crippen LogP contribution in [0.4, 0.5) is 5.69 Å². The summed E-state index contributed by atoms with van der Waals surface area (Å²) in [6, 6.07) is 9.13. The molecule has 2 rings (SSSR count). The minimum absolute atomic E-state index is 0.00763. The van der Waals surface area contributed by atoms with E-state index in [0.29, 0.717) is 17.9 Å². The molecular weight excluding hydrogens is 394 g/mol. The Balaban J connectivity index is 1.91. The van der Waals surface area contributed by atoms with Crippen molar-refractivity contribution in [1.29, 1.82) is 0 Å². The van der Waals surface area contributed by atoms with Crippen LogP contribution in [0.25, 0.3) is 5.69 Å². The van der Waals surface area contributed by atoms with Crippen molar-refractivity contribution in [3.8, 4) is 5.69 Å². The predicted molar refractivity (Wildman–Crippen MR) is 113 cm³/mol. The first-order chi connectivity index (χ1) is 13.8. The van der Waals surface area contributed by atoms with Crippen LogP contribution in [0.5, 0.6) is 0 Å². The van der Waals surface area contributed by atoms with Gasteiger partial charge in [0.15, 0.2) is 0 Å². The summed E-state index contributed by atoms with van der Waals surface area (Å²) in [6.07, 6.45) is 0. The third-order valence-electron chi connectivity index (χ3n) is 4.11. The van der Waals surface area contributed by atoms with Crippen molar-refractivity contribution in [2.45, 2.75) is 13.8 Å². The van der Waals surface area contributed by atoms with Crippen molar-refractivity contribution in [1.82, 2.24) is 20.0 Å². The summed E-state index contributed by atoms with van der Waals surface area (Å²) in [6.45, 7) is 3.94. The minimum Gasteiger partial charge on any atom is -0.355 e. The highest BCUT2D eigenvalue weighted by atomic mass is 32.2. The van der Waals surface area contributed by atoms with Crippen molar-refractivity contribution in [2.75, 3.05) is 29.9 Å². The number of carbonyl (C=O) groups excluding carboxylic acids is 3. The van der Waals surface area contributed by atoms with Gasteiger partial charge < -0.3 is 16.0 Å². The molecule has 0 aliphatic rings. The van der Waals surface area contributed by atoms with Gasteiger partial charge in [-0.05, 0) is 26.0 Å². The van der Waals surface area contributed by atoms with Crippen molar-refractivity contribution < 1.29 is 14.4 Å². The molecule has 10 heteroatoms. The van der Waals surface area contributed by atoms with Crippen LogP contribution < -0.4 is 21.5 Å². The monoisotopic (exact) mass is 419 g/mol. The summed E-state index contributed by atoms with van der Waals surface area (Å²) < 4.78 is 3.15. The number of benzene rings is 1. The molecule has 0 aliphatic heterocycles. The lowest BCUT2D eigenvalue weighted by molar-refractivity contribution is -0.124. The third-order valence-corrected chi connectivity index (χ3v) is 5.04. The van der Waals surface area contributed by atoms with Gasteiger partial charge in [0.1, 0.15) is 5.69 Å². The molecule has 0 saturated carbocycles. The van der Waals surface area contributed by atoms with Crippen LogP contribution in [-0.4, -0.2) is 51.7 Å². The van der Waals surface area contributed by atoms with Crippen LogP contribution in [0, 0.1) is 6.92 Å². The van der Waals surface area contributed by atoms with Gasteiger partial charge in [-0.15, -0.1) is 11.8 Å². The van der Waals surface area contributed by atoms with Gasteiger partial charge in [0.25, 0.3) is 5.56 Å². The molecule has 3 N–H and O–H groups in total. The Bertz CT molecular complexity index is 936. The molecule has 0 radical (unpaired) electrons. The van der Waals surface area contributed by atoms with Crippen LogP contribution >= 0.6 is 11.8 Å². The van der Waals surface area contributed by atoms with Crippen molar-refractivity contribution >= 4 is 35.2 Å². The number of thioether (sulfide) groups is 1. The largest absolute Gasteiger partial charge is 0.355 e. The second-order valence-corrected chi connectivity index (χ2v) is 7.19. The number of carbonyl (C=O) groups is 3. The topological polar surface area (TPSA) is 114 Å². The van der Waals surface area contributed by atoms with E-state index >= 15 is 0 Å². The molecular formula is C19H25N5O4S. The van der Waals surface area contributed by atoms with E-state index < -0.39 is 0 Å². The maximum absolute atomic E-state index is 12.7. The number of hydrogen-bond donors (Lipinski definition) is 3. The van der Waals surface area contributed by atoms with Crippen molar-refractivity contribution in [3.63, 3.8) is 0 Å². The Hall–Kier alpha value is -3.01. The van der Waals surface area contributed by atoms with E-state index in [0.717, 1.165) is 11.8 Å². The second-order valence-electron chi connectivity index (χ2n) is 6.21. The van der Waals surface area contributed by atoms with Gasteiger partial charge in [-0.25, -0.2) is 4.68 Å². The van der Waals surface area contributed by atoms with Gasteiger partial charge in [0.05, 0.1) is 29.4 Å². The molecule has 1 heterocycles. The number of nitrogens with zero attached hydrogens (tertiary/aromatic N) is 2. The molecule has 0 aliphatic carbocycles. The quantitative estimate of drug-likeness (QED) is 0.545. The van der Waals surface area contributed by atoms with Gasteiger partial charge in [-0.2, -0.15) is 0 Å². The van der Waals surface area contributed by atoms with E-state index in [-0.39, 0.29) is 47.0 Å². The van der Waals surface area contributed by atoms with Crippen LogP contribution in [-0.2, 0) is 21.4 Å². The maximum atomic E-state index is 12.7. The summed E-state index contributed by atoms with van der Waals surface area (Å²) in [5, 5.41) is 7.69. The van der Waals surface area contributed by atoms with Crippen LogP contribution in [0.2, 0.25) is 0 Å². The fourth-order valence-electron chi connectivity index (χ4n) is 2.61. The molecule has 1 aromatic carbocycles. The SMILES string of the molecule is CCNC(=O)CNC(=O)CSCC(=O)Nc1c(C)n(C)n(-c2ccccc2)c1=O. The Morgan fingerprint density at radius 1 is 1.00 bits per heavy atom. The normalized spacial score (nSPS) is 10.4. The molecule has 0 atom stereocenters. The first kappa shape index (κ1) is 22.3. The highest BCUT2D eigenvalue weighted by Crippen LogP contribution is 2.14. The number of hydrogen-bond acceptors (Lipinski definition) is 5. The van der Waals surface area contributed by atoms with Crippen LogP contribution in [0.1, 0.15) is 12.6 Å². The van der Waals surface area contributed by atoms with Gasteiger partial charge in [-0.1, -0.05) is 18.2 Å². The number of likely N-dealkylation sites (N-methyl/N-ethyl adjacent to an activating group) is 1. The summed E-state index contributed by atoms with van der Waals surface area (Å²) in [5.74, 6) is -0.936. The Labute approximate surface area is 172 Å². The summed E-state index contributed by atoms with van der Waals surface area (Å²) >= 11 is 1.10. The lowest BCUT2D eigenvalue weighted by atomic mass is 10.3. The molecule has 0 bridgehead atoms. The highest BCUT2D eigenvalue weighted by molar-refractivity contribution is 8.00. The fourth-order valence-corrected chi connectivity index (χ4v) is 3.26. The van der Waals surface area contributed by atoms with E-state index in [2.05, 4.69) is 16.0 Å². The number of rotatable bonds is 9. The molecule has 0 spiro atoms. The van der Waals surface area contributed by atoms with Gasteiger partial charge >= 0.3 is 0 Å². The highest BCUT2D eigenvalue weighted by Gasteiger charge is 2.18. The van der Waals surface area contributed by atoms with Gasteiger partial charge in [0.2, 0.25) is 17.7 Å². The smallest absolute Gasteiger partial charge is 0.295 e. The van der Waals surface area contributed by atoms with E-state index in [1.807, 2.05) is 30.3 Å². The lowest BCUT2D eigenvalue weighted by Crippen LogP contribution is -2.37. The molecule has 0 saturated heterocycles. The minimum atomic E-state index is -0.377. The molecule has 2 aromatic rings. The Morgan fingerprint density at radius 3 is 2.31 bits per heavy atom. The predicted octanol–water partition coefficient (Wildman–Crippen LogP) is 0.408. The zero-order valence-electron chi connectivity index (χ0n) is 16.7. The average Bonchev–Trinajstić information content (AvgIpc) is 2.90.